The number of likely N-dealkylation sites (tertiary alicyclic amines) is 1. The van der Waals surface area contributed by atoms with Gasteiger partial charge in [0.15, 0.2) is 0 Å². The van der Waals surface area contributed by atoms with Crippen LogP contribution in [0.3, 0.4) is 0 Å². The number of amides is 1. The van der Waals surface area contributed by atoms with Gasteiger partial charge in [-0.3, -0.25) is 4.79 Å². The van der Waals surface area contributed by atoms with E-state index in [9.17, 15) is 23.2 Å². The molecule has 2 aliphatic rings. The zero-order valence-corrected chi connectivity index (χ0v) is 19.3. The standard InChI is InChI=1S/C23H22F3N7O2/c1-22(12-27)5-7-33(22)21(34)17-8-14(11-23(24,25)26)19-15-10-16(20-28-30-31(2)29-20)18(35-3)9-13(15)4-6-32(17)19/h8-10H,4-7,11H2,1-3H3/t22-/m1/s1. The summed E-state index contributed by atoms with van der Waals surface area (Å²) in [5, 5.41) is 21.6. The molecule has 2 aliphatic heterocycles. The Bertz CT molecular complexity index is 1380. The SMILES string of the molecule is COc1cc2c(cc1-c1nnn(C)n1)-c1c(CC(F)(F)F)cc(C(=O)N3CC[C@]3(C)C#N)n1CC2. The largest absolute Gasteiger partial charge is 0.496 e. The van der Waals surface area contributed by atoms with Gasteiger partial charge in [0.25, 0.3) is 5.91 Å². The number of alkyl halides is 3. The van der Waals surface area contributed by atoms with Crippen molar-refractivity contribution in [3.05, 3.63) is 35.0 Å². The Labute approximate surface area is 198 Å². The van der Waals surface area contributed by atoms with Crippen molar-refractivity contribution in [2.45, 2.75) is 44.4 Å². The van der Waals surface area contributed by atoms with E-state index in [1.165, 1.54) is 22.9 Å². The van der Waals surface area contributed by atoms with Crippen LogP contribution in [-0.2, 0) is 26.4 Å². The highest BCUT2D eigenvalue weighted by atomic mass is 19.4. The van der Waals surface area contributed by atoms with Crippen LogP contribution in [0, 0.1) is 11.3 Å². The number of tetrazole rings is 1. The first-order chi connectivity index (χ1) is 16.5. The molecule has 4 heterocycles. The minimum absolute atomic E-state index is 0.00389. The fourth-order valence-electron chi connectivity index (χ4n) is 4.84. The molecule has 12 heteroatoms. The van der Waals surface area contributed by atoms with Gasteiger partial charge in [0.05, 0.1) is 37.9 Å². The summed E-state index contributed by atoms with van der Waals surface area (Å²) >= 11 is 0. The highest BCUT2D eigenvalue weighted by Gasteiger charge is 2.45. The first-order valence-electron chi connectivity index (χ1n) is 11.0. The lowest BCUT2D eigenvalue weighted by molar-refractivity contribution is -0.127. The summed E-state index contributed by atoms with van der Waals surface area (Å²) in [6.45, 7) is 2.37. The van der Waals surface area contributed by atoms with Crippen LogP contribution in [0.1, 0.15) is 35.0 Å². The molecule has 0 aliphatic carbocycles. The Hall–Kier alpha value is -3.88. The number of methoxy groups -OCH3 is 1. The number of carbonyl (C=O) groups excluding carboxylic acids is 1. The molecule has 0 spiro atoms. The molecule has 0 unspecified atom stereocenters. The number of aryl methyl sites for hydroxylation is 2. The number of benzene rings is 1. The van der Waals surface area contributed by atoms with Crippen LogP contribution in [-0.4, -0.2) is 61.0 Å². The van der Waals surface area contributed by atoms with Crippen molar-refractivity contribution in [3.8, 4) is 34.5 Å². The third kappa shape index (κ3) is 3.71. The van der Waals surface area contributed by atoms with Gasteiger partial charge in [0.2, 0.25) is 5.82 Å². The summed E-state index contributed by atoms with van der Waals surface area (Å²) in [7, 11) is 3.11. The van der Waals surface area contributed by atoms with E-state index in [4.69, 9.17) is 4.74 Å². The number of hydrogen-bond donors (Lipinski definition) is 0. The Morgan fingerprint density at radius 3 is 2.60 bits per heavy atom. The normalized spacial score (nSPS) is 18.9. The van der Waals surface area contributed by atoms with Crippen molar-refractivity contribution in [3.63, 3.8) is 0 Å². The molecule has 35 heavy (non-hydrogen) atoms. The number of carbonyl (C=O) groups is 1. The van der Waals surface area contributed by atoms with Gasteiger partial charge in [0, 0.05) is 25.1 Å². The van der Waals surface area contributed by atoms with Crippen molar-refractivity contribution >= 4 is 5.91 Å². The summed E-state index contributed by atoms with van der Waals surface area (Å²) < 4.78 is 47.9. The lowest BCUT2D eigenvalue weighted by Gasteiger charge is -2.45. The number of halogens is 3. The highest BCUT2D eigenvalue weighted by Crippen LogP contribution is 2.43. The van der Waals surface area contributed by atoms with Crippen LogP contribution in [0.5, 0.6) is 5.75 Å². The first kappa shape index (κ1) is 22.9. The van der Waals surface area contributed by atoms with E-state index in [-0.39, 0.29) is 17.1 Å². The summed E-state index contributed by atoms with van der Waals surface area (Å²) in [5.41, 5.74) is 1.37. The maximum absolute atomic E-state index is 13.6. The molecule has 1 amide bonds. The summed E-state index contributed by atoms with van der Waals surface area (Å²) in [4.78, 5) is 16.1. The molecule has 2 aromatic heterocycles. The maximum atomic E-state index is 13.6. The Morgan fingerprint density at radius 2 is 2.03 bits per heavy atom. The molecule has 0 radical (unpaired) electrons. The van der Waals surface area contributed by atoms with E-state index in [0.717, 1.165) is 5.56 Å². The van der Waals surface area contributed by atoms with Crippen LogP contribution in [0.4, 0.5) is 13.2 Å². The number of nitriles is 1. The quantitative estimate of drug-likeness (QED) is 0.563. The molecule has 182 valence electrons. The number of ether oxygens (including phenoxy) is 1. The second kappa shape index (κ2) is 7.83. The highest BCUT2D eigenvalue weighted by molar-refractivity contribution is 5.96. The van der Waals surface area contributed by atoms with Gasteiger partial charge in [0.1, 0.15) is 17.0 Å². The van der Waals surface area contributed by atoms with Crippen LogP contribution in [0.15, 0.2) is 18.2 Å². The molecule has 1 atom stereocenters. The van der Waals surface area contributed by atoms with Crippen molar-refractivity contribution in [2.75, 3.05) is 13.7 Å². The Morgan fingerprint density at radius 1 is 1.26 bits per heavy atom. The molecule has 1 fully saturated rings. The third-order valence-electron chi connectivity index (χ3n) is 6.72. The smallest absolute Gasteiger partial charge is 0.393 e. The molecule has 0 N–H and O–H groups in total. The zero-order valence-electron chi connectivity index (χ0n) is 19.3. The second-order valence-corrected chi connectivity index (χ2v) is 9.00. The fraction of sp³-hybridized carbons (Fsp3) is 0.435. The van der Waals surface area contributed by atoms with Crippen molar-refractivity contribution < 1.29 is 22.7 Å². The molecular weight excluding hydrogens is 463 g/mol. The van der Waals surface area contributed by atoms with Gasteiger partial charge >= 0.3 is 6.18 Å². The number of rotatable bonds is 4. The van der Waals surface area contributed by atoms with E-state index >= 15 is 0 Å². The van der Waals surface area contributed by atoms with E-state index in [1.807, 2.05) is 0 Å². The van der Waals surface area contributed by atoms with Gasteiger partial charge in [-0.2, -0.15) is 23.2 Å². The third-order valence-corrected chi connectivity index (χ3v) is 6.72. The predicted octanol–water partition coefficient (Wildman–Crippen LogP) is 3.14. The van der Waals surface area contributed by atoms with Crippen LogP contribution in [0.25, 0.3) is 22.6 Å². The fourth-order valence-corrected chi connectivity index (χ4v) is 4.84. The van der Waals surface area contributed by atoms with Gasteiger partial charge in [-0.15, -0.1) is 10.2 Å². The minimum Gasteiger partial charge on any atom is -0.496 e. The summed E-state index contributed by atoms with van der Waals surface area (Å²) in [6.07, 6.45) is -4.65. The summed E-state index contributed by atoms with van der Waals surface area (Å²) in [6, 6.07) is 6.94. The number of hydrogen-bond acceptors (Lipinski definition) is 6. The van der Waals surface area contributed by atoms with Crippen molar-refractivity contribution in [2.24, 2.45) is 7.05 Å². The van der Waals surface area contributed by atoms with E-state index in [0.29, 0.717) is 48.5 Å². The van der Waals surface area contributed by atoms with E-state index < -0.39 is 24.0 Å². The van der Waals surface area contributed by atoms with E-state index in [1.54, 1.807) is 30.7 Å². The maximum Gasteiger partial charge on any atom is 0.393 e. The predicted molar refractivity (Wildman–Crippen MR) is 117 cm³/mol. The van der Waals surface area contributed by atoms with Gasteiger partial charge < -0.3 is 14.2 Å². The molecule has 1 aromatic carbocycles. The average Bonchev–Trinajstić information content (AvgIpc) is 3.39. The van der Waals surface area contributed by atoms with E-state index in [2.05, 4.69) is 21.5 Å². The summed E-state index contributed by atoms with van der Waals surface area (Å²) in [5.74, 6) is 0.313. The number of aromatic nitrogens is 5. The minimum atomic E-state index is -4.47. The second-order valence-electron chi connectivity index (χ2n) is 9.00. The lowest BCUT2D eigenvalue weighted by atomic mass is 9.88. The van der Waals surface area contributed by atoms with Gasteiger partial charge in [-0.25, -0.2) is 0 Å². The molecule has 9 nitrogen and oxygen atoms in total. The van der Waals surface area contributed by atoms with Gasteiger partial charge in [-0.1, -0.05) is 0 Å². The van der Waals surface area contributed by atoms with Crippen LogP contribution in [0.2, 0.25) is 0 Å². The molecule has 5 rings (SSSR count). The first-order valence-corrected chi connectivity index (χ1v) is 11.0. The Kier molecular flexibility index (Phi) is 5.12. The molecule has 3 aromatic rings. The number of nitrogens with zero attached hydrogens (tertiary/aromatic N) is 7. The van der Waals surface area contributed by atoms with Crippen molar-refractivity contribution in [1.82, 2.24) is 29.7 Å². The van der Waals surface area contributed by atoms with Crippen LogP contribution >= 0.6 is 0 Å². The average molecular weight is 485 g/mol. The molecular formula is C23H22F3N7O2. The number of fused-ring (bicyclic) bond motifs is 3. The monoisotopic (exact) mass is 485 g/mol. The molecule has 0 bridgehead atoms. The lowest BCUT2D eigenvalue weighted by Crippen LogP contribution is -2.59. The molecule has 0 saturated carbocycles. The zero-order chi connectivity index (χ0) is 25.1. The van der Waals surface area contributed by atoms with Crippen LogP contribution < -0.4 is 4.74 Å². The van der Waals surface area contributed by atoms with Gasteiger partial charge in [-0.05, 0) is 47.9 Å². The molecule has 1 saturated heterocycles. The topological polar surface area (TPSA) is 102 Å². The Balaban J connectivity index is 1.69. The van der Waals surface area contributed by atoms with Crippen molar-refractivity contribution in [1.29, 1.82) is 5.26 Å².